The minimum absolute atomic E-state index is 0. The molecular formula is C22H29BrZr. The van der Waals surface area contributed by atoms with Gasteiger partial charge in [0.25, 0.3) is 0 Å². The van der Waals surface area contributed by atoms with Crippen LogP contribution >= 0.6 is 15.9 Å². The van der Waals surface area contributed by atoms with E-state index in [0.717, 1.165) is 0 Å². The first-order valence-electron chi connectivity index (χ1n) is 7.34. The van der Waals surface area contributed by atoms with Gasteiger partial charge in [0.15, 0.2) is 0 Å². The fourth-order valence-corrected chi connectivity index (χ4v) is 3.25. The van der Waals surface area contributed by atoms with Gasteiger partial charge in [0, 0.05) is 0 Å². The van der Waals surface area contributed by atoms with Crippen molar-refractivity contribution in [3.8, 4) is 0 Å². The average Bonchev–Trinajstić information content (AvgIpc) is 2.86. The molecule has 0 amide bonds. The summed E-state index contributed by atoms with van der Waals surface area (Å²) in [6.07, 6.45) is 3.44. The van der Waals surface area contributed by atoms with E-state index in [4.69, 9.17) is 0 Å². The summed E-state index contributed by atoms with van der Waals surface area (Å²) in [5.74, 6) is 0. The van der Waals surface area contributed by atoms with Gasteiger partial charge in [0.2, 0.25) is 0 Å². The van der Waals surface area contributed by atoms with Crippen molar-refractivity contribution in [2.45, 2.75) is 41.5 Å². The standard InChI is InChI=1S/C10H8Br.C10H15.2CH3.Zr/c1-7-5-8-3-2-4-10(11)9(8)6-7;1-7-6-10(4,5)9(3)8(7)2;;;/h2-6H,1H3;1-5H3;2*1H3;/q4*-1;+4. The van der Waals surface area contributed by atoms with Crippen LogP contribution in [-0.4, -0.2) is 0 Å². The van der Waals surface area contributed by atoms with Crippen LogP contribution in [0.4, 0.5) is 0 Å². The molecule has 2 aromatic carbocycles. The Morgan fingerprint density at radius 3 is 2.00 bits per heavy atom. The Labute approximate surface area is 177 Å². The van der Waals surface area contributed by atoms with Crippen molar-refractivity contribution in [2.75, 3.05) is 0 Å². The molecule has 1 aliphatic rings. The van der Waals surface area contributed by atoms with Crippen LogP contribution in [0.5, 0.6) is 0 Å². The zero-order valence-electron chi connectivity index (χ0n) is 16.3. The first-order chi connectivity index (χ1) is 9.72. The largest absolute Gasteiger partial charge is 4.00 e. The third-order valence-corrected chi connectivity index (χ3v) is 5.10. The van der Waals surface area contributed by atoms with E-state index in [1.165, 1.54) is 37.5 Å². The van der Waals surface area contributed by atoms with Crippen LogP contribution in [0.3, 0.4) is 0 Å². The monoisotopic (exact) mass is 462 g/mol. The number of aryl methyl sites for hydroxylation is 1. The zero-order chi connectivity index (χ0) is 15.8. The molecule has 0 aromatic heterocycles. The molecule has 0 aliphatic heterocycles. The van der Waals surface area contributed by atoms with Crippen LogP contribution in [0.2, 0.25) is 0 Å². The van der Waals surface area contributed by atoms with E-state index >= 15 is 0 Å². The van der Waals surface area contributed by atoms with Crippen molar-refractivity contribution in [3.63, 3.8) is 0 Å². The van der Waals surface area contributed by atoms with Crippen LogP contribution in [0.25, 0.3) is 10.8 Å². The van der Waals surface area contributed by atoms with E-state index in [2.05, 4.69) is 93.9 Å². The van der Waals surface area contributed by atoms with Gasteiger partial charge in [0.05, 0.1) is 0 Å². The van der Waals surface area contributed by atoms with E-state index in [-0.39, 0.29) is 46.5 Å². The van der Waals surface area contributed by atoms with Crippen LogP contribution in [0, 0.1) is 33.3 Å². The maximum Gasteiger partial charge on any atom is 4.00 e. The predicted molar refractivity (Wildman–Crippen MR) is 109 cm³/mol. The molecule has 0 spiro atoms. The van der Waals surface area contributed by atoms with Crippen LogP contribution in [-0.2, 0) is 26.2 Å². The Balaban J connectivity index is 0. The molecule has 0 saturated heterocycles. The van der Waals surface area contributed by atoms with Gasteiger partial charge >= 0.3 is 26.2 Å². The number of halogens is 1. The Bertz CT molecular complexity index is 730. The van der Waals surface area contributed by atoms with Crippen molar-refractivity contribution in [1.82, 2.24) is 0 Å². The number of allylic oxidation sites excluding steroid dienone is 4. The number of hydrogen-bond donors (Lipinski definition) is 0. The fraction of sp³-hybridized carbons (Fsp3) is 0.318. The molecule has 2 heteroatoms. The molecule has 1 aliphatic carbocycles. The van der Waals surface area contributed by atoms with Crippen molar-refractivity contribution >= 4 is 26.7 Å². The number of rotatable bonds is 0. The fourth-order valence-electron chi connectivity index (χ4n) is 2.75. The van der Waals surface area contributed by atoms with Gasteiger partial charge in [-0.15, -0.1) is 41.5 Å². The van der Waals surface area contributed by atoms with Gasteiger partial charge in [-0.1, -0.05) is 62.0 Å². The minimum Gasteiger partial charge on any atom is -0.358 e. The molecule has 3 rings (SSSR count). The molecule has 0 radical (unpaired) electrons. The zero-order valence-corrected chi connectivity index (χ0v) is 20.3. The molecule has 0 bridgehead atoms. The summed E-state index contributed by atoms with van der Waals surface area (Å²) in [4.78, 5) is 0. The molecule has 24 heavy (non-hydrogen) atoms. The van der Waals surface area contributed by atoms with Gasteiger partial charge in [-0.05, 0) is 4.47 Å². The Morgan fingerprint density at radius 1 is 1.04 bits per heavy atom. The Hall–Kier alpha value is -0.327. The summed E-state index contributed by atoms with van der Waals surface area (Å²) >= 11 is 3.51. The summed E-state index contributed by atoms with van der Waals surface area (Å²) in [6.45, 7) is 13.0. The number of fused-ring (bicyclic) bond motifs is 1. The van der Waals surface area contributed by atoms with Gasteiger partial charge in [-0.3, -0.25) is 6.08 Å². The van der Waals surface area contributed by atoms with Crippen LogP contribution in [0.15, 0.2) is 51.5 Å². The maximum absolute atomic E-state index is 3.51. The molecule has 128 valence electrons. The van der Waals surface area contributed by atoms with Gasteiger partial charge in [0.1, 0.15) is 0 Å². The molecule has 2 aromatic rings. The normalized spacial score (nSPS) is 14.7. The third kappa shape index (κ3) is 5.60. The molecule has 0 saturated carbocycles. The van der Waals surface area contributed by atoms with Crippen LogP contribution < -0.4 is 0 Å². The van der Waals surface area contributed by atoms with Crippen molar-refractivity contribution in [2.24, 2.45) is 5.41 Å². The van der Waals surface area contributed by atoms with Gasteiger partial charge in [-0.25, -0.2) is 5.57 Å². The summed E-state index contributed by atoms with van der Waals surface area (Å²) in [7, 11) is 0. The predicted octanol–water partition coefficient (Wildman–Crippen LogP) is 7.64. The molecule has 0 N–H and O–H groups in total. The van der Waals surface area contributed by atoms with Gasteiger partial charge in [-0.2, -0.15) is 17.2 Å². The molecule has 0 atom stereocenters. The van der Waals surface area contributed by atoms with Crippen molar-refractivity contribution < 1.29 is 26.2 Å². The first-order valence-corrected chi connectivity index (χ1v) is 8.13. The van der Waals surface area contributed by atoms with E-state index < -0.39 is 0 Å². The Morgan fingerprint density at radius 2 is 1.62 bits per heavy atom. The number of hydrogen-bond acceptors (Lipinski definition) is 0. The average molecular weight is 465 g/mol. The minimum atomic E-state index is 0. The molecule has 0 unspecified atom stereocenters. The third-order valence-electron chi connectivity index (χ3n) is 4.40. The smallest absolute Gasteiger partial charge is 0.358 e. The van der Waals surface area contributed by atoms with E-state index in [9.17, 15) is 0 Å². The molecule has 0 nitrogen and oxygen atoms in total. The number of benzene rings is 1. The van der Waals surface area contributed by atoms with E-state index in [1.807, 2.05) is 0 Å². The second-order valence-corrected chi connectivity index (χ2v) is 7.25. The molecular weight excluding hydrogens is 435 g/mol. The van der Waals surface area contributed by atoms with Crippen molar-refractivity contribution in [3.05, 3.63) is 78.0 Å². The topological polar surface area (TPSA) is 0 Å². The summed E-state index contributed by atoms with van der Waals surface area (Å²) in [5.41, 5.74) is 5.72. The van der Waals surface area contributed by atoms with Gasteiger partial charge < -0.3 is 14.9 Å². The summed E-state index contributed by atoms with van der Waals surface area (Å²) < 4.78 is 1.18. The maximum atomic E-state index is 3.51. The van der Waals surface area contributed by atoms with Crippen LogP contribution in [0.1, 0.15) is 40.2 Å². The summed E-state index contributed by atoms with van der Waals surface area (Å²) in [6, 6.07) is 10.7. The summed E-state index contributed by atoms with van der Waals surface area (Å²) in [5, 5.41) is 2.63. The second kappa shape index (κ2) is 9.98. The molecule has 0 heterocycles. The second-order valence-electron chi connectivity index (χ2n) is 6.40. The first kappa shape index (κ1) is 25.9. The molecule has 0 fully saturated rings. The SMILES string of the molecule is CC1=[C-]C(C)(C)C(C)=C1C.Cc1cc2c(Br)cccc2[cH-]1.[CH3-].[CH3-].[Zr+4]. The Kier molecular flexibility index (Phi) is 10.8. The van der Waals surface area contributed by atoms with E-state index in [0.29, 0.717) is 0 Å². The van der Waals surface area contributed by atoms with Crippen molar-refractivity contribution in [1.29, 1.82) is 0 Å². The quantitative estimate of drug-likeness (QED) is 0.352. The van der Waals surface area contributed by atoms with E-state index in [1.54, 1.807) is 0 Å².